The van der Waals surface area contributed by atoms with Crippen LogP contribution in [0.15, 0.2) is 22.7 Å². The minimum Gasteiger partial charge on any atom is -0.464 e. The van der Waals surface area contributed by atoms with Gasteiger partial charge in [0.15, 0.2) is 0 Å². The number of ether oxygens (including phenoxy) is 1. The van der Waals surface area contributed by atoms with Crippen molar-refractivity contribution >= 4 is 21.9 Å². The topological polar surface area (TPSA) is 52.3 Å². The standard InChI is InChI=1S/C18H24BrNO2/c1-3-22-16(21)18(20)15-9-14(19)7-6-13(15)11-17(18)8-4-5-12(2)10-17/h6-7,9,12H,3-5,8,10-11,20H2,1-2H3. The fraction of sp³-hybridized carbons (Fsp3) is 0.611. The lowest BCUT2D eigenvalue weighted by Gasteiger charge is -2.46. The van der Waals surface area contributed by atoms with Gasteiger partial charge in [-0.05, 0) is 55.4 Å². The van der Waals surface area contributed by atoms with E-state index in [1.165, 1.54) is 12.0 Å². The van der Waals surface area contributed by atoms with Gasteiger partial charge in [0, 0.05) is 9.89 Å². The van der Waals surface area contributed by atoms with Gasteiger partial charge >= 0.3 is 5.97 Å². The number of fused-ring (bicyclic) bond motifs is 1. The highest BCUT2D eigenvalue weighted by Gasteiger charge is 2.61. The first kappa shape index (κ1) is 16.0. The molecule has 3 nitrogen and oxygen atoms in total. The molecule has 0 aliphatic heterocycles. The molecule has 3 atom stereocenters. The van der Waals surface area contributed by atoms with Crippen molar-refractivity contribution in [2.24, 2.45) is 17.1 Å². The third kappa shape index (κ3) is 2.23. The van der Waals surface area contributed by atoms with Gasteiger partial charge in [-0.3, -0.25) is 0 Å². The molecular formula is C18H24BrNO2. The molecule has 1 spiro atoms. The van der Waals surface area contributed by atoms with Gasteiger partial charge in [-0.1, -0.05) is 41.8 Å². The zero-order chi connectivity index (χ0) is 16.0. The molecule has 120 valence electrons. The molecule has 0 saturated heterocycles. The van der Waals surface area contributed by atoms with Crippen LogP contribution in [0.4, 0.5) is 0 Å². The van der Waals surface area contributed by atoms with Crippen LogP contribution < -0.4 is 5.73 Å². The summed E-state index contributed by atoms with van der Waals surface area (Å²) in [5, 5.41) is 0. The zero-order valence-electron chi connectivity index (χ0n) is 13.3. The van der Waals surface area contributed by atoms with E-state index in [1.807, 2.05) is 19.1 Å². The summed E-state index contributed by atoms with van der Waals surface area (Å²) in [4.78, 5) is 12.9. The Morgan fingerprint density at radius 2 is 2.27 bits per heavy atom. The van der Waals surface area contributed by atoms with E-state index in [2.05, 4.69) is 28.9 Å². The highest BCUT2D eigenvalue weighted by molar-refractivity contribution is 9.10. The van der Waals surface area contributed by atoms with Gasteiger partial charge in [-0.15, -0.1) is 0 Å². The predicted octanol–water partition coefficient (Wildman–Crippen LogP) is 3.92. The summed E-state index contributed by atoms with van der Waals surface area (Å²) in [6, 6.07) is 6.16. The second-order valence-electron chi connectivity index (χ2n) is 6.99. The molecule has 2 aliphatic carbocycles. The summed E-state index contributed by atoms with van der Waals surface area (Å²) in [5.41, 5.74) is 7.79. The van der Waals surface area contributed by atoms with Crippen molar-refractivity contribution in [3.63, 3.8) is 0 Å². The molecule has 2 aliphatic rings. The molecule has 1 aromatic rings. The lowest BCUT2D eigenvalue weighted by molar-refractivity contribution is -0.157. The van der Waals surface area contributed by atoms with Crippen molar-refractivity contribution in [3.8, 4) is 0 Å². The Labute approximate surface area is 140 Å². The number of carbonyl (C=O) groups is 1. The summed E-state index contributed by atoms with van der Waals surface area (Å²) in [6.45, 7) is 4.48. The molecule has 0 bridgehead atoms. The molecule has 1 saturated carbocycles. The molecule has 3 unspecified atom stereocenters. The monoisotopic (exact) mass is 365 g/mol. The van der Waals surface area contributed by atoms with E-state index in [4.69, 9.17) is 10.5 Å². The number of nitrogens with two attached hydrogens (primary N) is 1. The number of carbonyl (C=O) groups excluding carboxylic acids is 1. The number of esters is 1. The van der Waals surface area contributed by atoms with Gasteiger partial charge in [-0.25, -0.2) is 4.79 Å². The van der Waals surface area contributed by atoms with Gasteiger partial charge in [0.05, 0.1) is 6.61 Å². The molecule has 0 aromatic heterocycles. The van der Waals surface area contributed by atoms with Crippen LogP contribution in [-0.4, -0.2) is 12.6 Å². The lowest BCUT2D eigenvalue weighted by atomic mass is 9.60. The van der Waals surface area contributed by atoms with Crippen LogP contribution in [0.3, 0.4) is 0 Å². The van der Waals surface area contributed by atoms with Crippen LogP contribution in [0.5, 0.6) is 0 Å². The van der Waals surface area contributed by atoms with Crippen LogP contribution in [0.2, 0.25) is 0 Å². The maximum atomic E-state index is 12.9. The Hall–Kier alpha value is -0.870. The second kappa shape index (κ2) is 5.64. The molecular weight excluding hydrogens is 342 g/mol. The number of benzene rings is 1. The van der Waals surface area contributed by atoms with Crippen molar-refractivity contribution in [2.45, 2.75) is 51.5 Å². The van der Waals surface area contributed by atoms with Gasteiger partial charge in [0.2, 0.25) is 0 Å². The third-order valence-corrected chi connectivity index (χ3v) is 6.04. The Morgan fingerprint density at radius 1 is 1.50 bits per heavy atom. The van der Waals surface area contributed by atoms with Crippen molar-refractivity contribution in [1.29, 1.82) is 0 Å². The molecule has 1 fully saturated rings. The zero-order valence-corrected chi connectivity index (χ0v) is 14.9. The summed E-state index contributed by atoms with van der Waals surface area (Å²) >= 11 is 3.52. The summed E-state index contributed by atoms with van der Waals surface area (Å²) in [5.74, 6) is 0.338. The van der Waals surface area contributed by atoms with E-state index in [0.29, 0.717) is 12.5 Å². The van der Waals surface area contributed by atoms with Crippen molar-refractivity contribution in [3.05, 3.63) is 33.8 Å². The minimum absolute atomic E-state index is 0.194. The first-order valence-corrected chi connectivity index (χ1v) is 8.97. The Bertz CT molecular complexity index is 603. The van der Waals surface area contributed by atoms with E-state index in [-0.39, 0.29) is 11.4 Å². The third-order valence-electron chi connectivity index (χ3n) is 5.55. The molecule has 0 radical (unpaired) electrons. The predicted molar refractivity (Wildman–Crippen MR) is 90.4 cm³/mol. The quantitative estimate of drug-likeness (QED) is 0.808. The highest BCUT2D eigenvalue weighted by atomic mass is 79.9. The van der Waals surface area contributed by atoms with E-state index >= 15 is 0 Å². The maximum absolute atomic E-state index is 12.9. The number of halogens is 1. The van der Waals surface area contributed by atoms with Gasteiger partial charge < -0.3 is 10.5 Å². The fourth-order valence-electron chi connectivity index (χ4n) is 4.61. The van der Waals surface area contributed by atoms with Gasteiger partial charge in [0.25, 0.3) is 0 Å². The van der Waals surface area contributed by atoms with Crippen LogP contribution >= 0.6 is 15.9 Å². The number of rotatable bonds is 2. The molecule has 22 heavy (non-hydrogen) atoms. The van der Waals surface area contributed by atoms with Crippen molar-refractivity contribution in [2.75, 3.05) is 6.61 Å². The van der Waals surface area contributed by atoms with Crippen LogP contribution in [0, 0.1) is 11.3 Å². The molecule has 0 heterocycles. The number of hydrogen-bond donors (Lipinski definition) is 1. The number of hydrogen-bond acceptors (Lipinski definition) is 3. The summed E-state index contributed by atoms with van der Waals surface area (Å²) in [6.07, 6.45) is 5.23. The smallest absolute Gasteiger partial charge is 0.331 e. The van der Waals surface area contributed by atoms with Crippen LogP contribution in [0.1, 0.15) is 50.7 Å². The molecule has 4 heteroatoms. The van der Waals surface area contributed by atoms with Gasteiger partial charge in [0.1, 0.15) is 5.54 Å². The first-order valence-electron chi connectivity index (χ1n) is 8.18. The first-order chi connectivity index (χ1) is 10.4. The van der Waals surface area contributed by atoms with Crippen LogP contribution in [-0.2, 0) is 21.5 Å². The average molecular weight is 366 g/mol. The van der Waals surface area contributed by atoms with Crippen molar-refractivity contribution < 1.29 is 9.53 Å². The normalized spacial score (nSPS) is 33.7. The van der Waals surface area contributed by atoms with E-state index < -0.39 is 5.54 Å². The lowest BCUT2D eigenvalue weighted by Crippen LogP contribution is -2.58. The van der Waals surface area contributed by atoms with Gasteiger partial charge in [-0.2, -0.15) is 0 Å². The second-order valence-corrected chi connectivity index (χ2v) is 7.90. The largest absolute Gasteiger partial charge is 0.464 e. The van der Waals surface area contributed by atoms with Crippen LogP contribution in [0.25, 0.3) is 0 Å². The highest BCUT2D eigenvalue weighted by Crippen LogP contribution is 2.58. The maximum Gasteiger partial charge on any atom is 0.331 e. The van der Waals surface area contributed by atoms with E-state index in [0.717, 1.165) is 35.7 Å². The van der Waals surface area contributed by atoms with E-state index in [1.54, 1.807) is 0 Å². The molecule has 0 amide bonds. The van der Waals surface area contributed by atoms with Crippen molar-refractivity contribution in [1.82, 2.24) is 0 Å². The van der Waals surface area contributed by atoms with E-state index in [9.17, 15) is 4.79 Å². The molecule has 2 N–H and O–H groups in total. The molecule has 3 rings (SSSR count). The Morgan fingerprint density at radius 3 is 2.95 bits per heavy atom. The average Bonchev–Trinajstić information content (AvgIpc) is 2.70. The Kier molecular flexibility index (Phi) is 4.11. The minimum atomic E-state index is -1.02. The Balaban J connectivity index is 2.14. The fourth-order valence-corrected chi connectivity index (χ4v) is 4.97. The molecule has 1 aromatic carbocycles. The summed E-state index contributed by atoms with van der Waals surface area (Å²) in [7, 11) is 0. The summed E-state index contributed by atoms with van der Waals surface area (Å²) < 4.78 is 6.37. The SMILES string of the molecule is CCOC(=O)C1(N)c2cc(Br)ccc2CC12CCCC(C)C2.